The van der Waals surface area contributed by atoms with Crippen molar-refractivity contribution in [3.05, 3.63) is 53.7 Å². The molecule has 4 heteroatoms. The standard InChI is InChI=1S/C17H17N3O/c1-20-9-13(12-4-2-3-5-16(12)20)17(21)11-6-7-14-15(8-11)19-10-18-14/h2-5,9-11H,6-8H2,1H3,(H,18,19)/t11-/m0/s1. The van der Waals surface area contributed by atoms with Crippen LogP contribution in [0.2, 0.25) is 0 Å². The average molecular weight is 279 g/mol. The van der Waals surface area contributed by atoms with Gasteiger partial charge in [0.25, 0.3) is 0 Å². The molecule has 2 aromatic heterocycles. The first-order chi connectivity index (χ1) is 10.2. The Balaban J connectivity index is 1.71. The van der Waals surface area contributed by atoms with Gasteiger partial charge in [0.2, 0.25) is 0 Å². The molecule has 1 aromatic carbocycles. The zero-order valence-electron chi connectivity index (χ0n) is 12.0. The number of aromatic amines is 1. The quantitative estimate of drug-likeness (QED) is 0.733. The number of carbonyl (C=O) groups is 1. The predicted molar refractivity (Wildman–Crippen MR) is 81.4 cm³/mol. The first kappa shape index (κ1) is 12.4. The van der Waals surface area contributed by atoms with E-state index in [4.69, 9.17) is 0 Å². The fourth-order valence-electron chi connectivity index (χ4n) is 3.38. The second-order valence-electron chi connectivity index (χ2n) is 5.80. The summed E-state index contributed by atoms with van der Waals surface area (Å²) in [6.45, 7) is 0. The van der Waals surface area contributed by atoms with Crippen molar-refractivity contribution >= 4 is 16.7 Å². The molecule has 1 N–H and O–H groups in total. The third-order valence-electron chi connectivity index (χ3n) is 4.52. The Morgan fingerprint density at radius 1 is 1.38 bits per heavy atom. The number of carbonyl (C=O) groups excluding carboxylic acids is 1. The average Bonchev–Trinajstić information content (AvgIpc) is 3.11. The molecule has 21 heavy (non-hydrogen) atoms. The minimum absolute atomic E-state index is 0.0590. The summed E-state index contributed by atoms with van der Waals surface area (Å²) in [7, 11) is 1.99. The van der Waals surface area contributed by atoms with Gasteiger partial charge in [0.15, 0.2) is 5.78 Å². The molecular weight excluding hydrogens is 262 g/mol. The van der Waals surface area contributed by atoms with Gasteiger partial charge in [-0.05, 0) is 25.3 Å². The number of aromatic nitrogens is 3. The fourth-order valence-corrected chi connectivity index (χ4v) is 3.38. The van der Waals surface area contributed by atoms with Gasteiger partial charge in [-0.1, -0.05) is 18.2 Å². The van der Waals surface area contributed by atoms with E-state index in [1.54, 1.807) is 6.33 Å². The molecule has 1 aliphatic carbocycles. The van der Waals surface area contributed by atoms with Crippen molar-refractivity contribution in [1.29, 1.82) is 0 Å². The van der Waals surface area contributed by atoms with Gasteiger partial charge in [-0.15, -0.1) is 0 Å². The highest BCUT2D eigenvalue weighted by Gasteiger charge is 2.28. The summed E-state index contributed by atoms with van der Waals surface area (Å²) in [5, 5.41) is 1.06. The first-order valence-electron chi connectivity index (χ1n) is 7.33. The number of para-hydroxylation sites is 1. The van der Waals surface area contributed by atoms with Crippen molar-refractivity contribution in [2.24, 2.45) is 13.0 Å². The molecule has 0 unspecified atom stereocenters. The highest BCUT2D eigenvalue weighted by Crippen LogP contribution is 2.29. The lowest BCUT2D eigenvalue weighted by molar-refractivity contribution is 0.0909. The van der Waals surface area contributed by atoms with Crippen LogP contribution in [0.15, 0.2) is 36.8 Å². The Labute approximate surface area is 122 Å². The summed E-state index contributed by atoms with van der Waals surface area (Å²) >= 11 is 0. The minimum Gasteiger partial charge on any atom is -0.350 e. The van der Waals surface area contributed by atoms with Crippen molar-refractivity contribution in [3.8, 4) is 0 Å². The van der Waals surface area contributed by atoms with Crippen LogP contribution in [-0.4, -0.2) is 20.3 Å². The Hall–Kier alpha value is -2.36. The minimum atomic E-state index is 0.0590. The van der Waals surface area contributed by atoms with Crippen LogP contribution >= 0.6 is 0 Å². The van der Waals surface area contributed by atoms with E-state index < -0.39 is 0 Å². The Morgan fingerprint density at radius 3 is 3.14 bits per heavy atom. The lowest BCUT2D eigenvalue weighted by Gasteiger charge is -2.19. The third-order valence-corrected chi connectivity index (χ3v) is 4.52. The number of H-pyrrole nitrogens is 1. The van der Waals surface area contributed by atoms with Crippen LogP contribution in [0.5, 0.6) is 0 Å². The molecule has 0 radical (unpaired) electrons. The number of hydrogen-bond donors (Lipinski definition) is 1. The molecule has 0 bridgehead atoms. The highest BCUT2D eigenvalue weighted by atomic mass is 16.1. The molecule has 4 rings (SSSR count). The van der Waals surface area contributed by atoms with E-state index in [9.17, 15) is 4.79 Å². The van der Waals surface area contributed by atoms with Crippen LogP contribution in [0, 0.1) is 5.92 Å². The topological polar surface area (TPSA) is 50.7 Å². The maximum absolute atomic E-state index is 12.9. The Bertz CT molecular complexity index is 828. The summed E-state index contributed by atoms with van der Waals surface area (Å²) < 4.78 is 2.03. The zero-order chi connectivity index (χ0) is 14.4. The number of nitrogens with zero attached hydrogens (tertiary/aromatic N) is 2. The van der Waals surface area contributed by atoms with E-state index >= 15 is 0 Å². The summed E-state index contributed by atoms with van der Waals surface area (Å²) in [5.41, 5.74) is 4.21. The van der Waals surface area contributed by atoms with Gasteiger partial charge in [-0.2, -0.15) is 0 Å². The molecule has 0 saturated heterocycles. The van der Waals surface area contributed by atoms with Gasteiger partial charge in [0, 0.05) is 41.3 Å². The van der Waals surface area contributed by atoms with Gasteiger partial charge in [-0.25, -0.2) is 4.98 Å². The summed E-state index contributed by atoms with van der Waals surface area (Å²) in [4.78, 5) is 20.4. The molecule has 2 heterocycles. The van der Waals surface area contributed by atoms with Crippen LogP contribution in [0.3, 0.4) is 0 Å². The molecule has 0 amide bonds. The van der Waals surface area contributed by atoms with E-state index in [0.717, 1.165) is 47.1 Å². The van der Waals surface area contributed by atoms with Gasteiger partial charge < -0.3 is 9.55 Å². The van der Waals surface area contributed by atoms with E-state index in [2.05, 4.69) is 16.0 Å². The van der Waals surface area contributed by atoms with Gasteiger partial charge in [-0.3, -0.25) is 4.79 Å². The maximum Gasteiger partial charge on any atom is 0.168 e. The molecule has 1 atom stereocenters. The van der Waals surface area contributed by atoms with Crippen molar-refractivity contribution < 1.29 is 4.79 Å². The number of nitrogens with one attached hydrogen (secondary N) is 1. The maximum atomic E-state index is 12.9. The molecule has 3 aromatic rings. The predicted octanol–water partition coefficient (Wildman–Crippen LogP) is 2.89. The van der Waals surface area contributed by atoms with Crippen LogP contribution in [-0.2, 0) is 19.9 Å². The number of benzene rings is 1. The summed E-state index contributed by atoms with van der Waals surface area (Å²) in [6, 6.07) is 8.09. The number of hydrogen-bond acceptors (Lipinski definition) is 2. The molecular formula is C17H17N3O. The molecule has 0 aliphatic heterocycles. The van der Waals surface area contributed by atoms with E-state index in [1.807, 2.05) is 36.0 Å². The van der Waals surface area contributed by atoms with Crippen LogP contribution < -0.4 is 0 Å². The van der Waals surface area contributed by atoms with Crippen molar-refractivity contribution in [3.63, 3.8) is 0 Å². The number of rotatable bonds is 2. The molecule has 4 nitrogen and oxygen atoms in total. The number of aryl methyl sites for hydroxylation is 2. The van der Waals surface area contributed by atoms with E-state index in [1.165, 1.54) is 0 Å². The number of ketones is 1. The van der Waals surface area contributed by atoms with Crippen molar-refractivity contribution in [2.75, 3.05) is 0 Å². The second kappa shape index (κ2) is 4.58. The van der Waals surface area contributed by atoms with E-state index in [-0.39, 0.29) is 11.7 Å². The van der Waals surface area contributed by atoms with E-state index in [0.29, 0.717) is 0 Å². The number of fused-ring (bicyclic) bond motifs is 2. The van der Waals surface area contributed by atoms with Crippen LogP contribution in [0.4, 0.5) is 0 Å². The SMILES string of the molecule is Cn1cc(C(=O)[C@H]2CCc3nc[nH]c3C2)c2ccccc21. The normalized spacial score (nSPS) is 17.9. The summed E-state index contributed by atoms with van der Waals surface area (Å²) in [6.07, 6.45) is 6.25. The van der Waals surface area contributed by atoms with Crippen molar-refractivity contribution in [1.82, 2.24) is 14.5 Å². The third kappa shape index (κ3) is 1.90. The summed E-state index contributed by atoms with van der Waals surface area (Å²) in [5.74, 6) is 0.316. The second-order valence-corrected chi connectivity index (χ2v) is 5.80. The van der Waals surface area contributed by atoms with Crippen LogP contribution in [0.25, 0.3) is 10.9 Å². The van der Waals surface area contributed by atoms with Gasteiger partial charge >= 0.3 is 0 Å². The van der Waals surface area contributed by atoms with Gasteiger partial charge in [0.1, 0.15) is 0 Å². The smallest absolute Gasteiger partial charge is 0.168 e. The molecule has 0 saturated carbocycles. The Kier molecular flexibility index (Phi) is 2.70. The zero-order valence-corrected chi connectivity index (χ0v) is 12.0. The monoisotopic (exact) mass is 279 g/mol. The molecule has 106 valence electrons. The molecule has 1 aliphatic rings. The lowest BCUT2D eigenvalue weighted by Crippen LogP contribution is -2.22. The first-order valence-corrected chi connectivity index (χ1v) is 7.33. The highest BCUT2D eigenvalue weighted by molar-refractivity contribution is 6.09. The Morgan fingerprint density at radius 2 is 2.24 bits per heavy atom. The van der Waals surface area contributed by atoms with Gasteiger partial charge in [0.05, 0.1) is 12.0 Å². The van der Waals surface area contributed by atoms with Crippen LogP contribution in [0.1, 0.15) is 28.2 Å². The molecule has 0 spiro atoms. The lowest BCUT2D eigenvalue weighted by atomic mass is 9.84. The number of imidazole rings is 1. The largest absolute Gasteiger partial charge is 0.350 e. The molecule has 0 fully saturated rings. The fraction of sp³-hybridized carbons (Fsp3) is 0.294. The number of Topliss-reactive ketones (excluding diaryl/α,β-unsaturated/α-hetero) is 1. The van der Waals surface area contributed by atoms with Crippen molar-refractivity contribution in [2.45, 2.75) is 19.3 Å².